The van der Waals surface area contributed by atoms with Crippen LogP contribution in [0.3, 0.4) is 0 Å². The highest BCUT2D eigenvalue weighted by Crippen LogP contribution is 2.27. The van der Waals surface area contributed by atoms with E-state index in [1.165, 1.54) is 18.2 Å². The molecule has 156 valence electrons. The number of aryl methyl sites for hydroxylation is 1. The highest BCUT2D eigenvalue weighted by atomic mass is 32.2. The van der Waals surface area contributed by atoms with Crippen molar-refractivity contribution in [3.8, 4) is 0 Å². The summed E-state index contributed by atoms with van der Waals surface area (Å²) < 4.78 is 32.6. The molecule has 1 aromatic heterocycles. The third kappa shape index (κ3) is 3.46. The average Bonchev–Trinajstić information content (AvgIpc) is 3.13. The summed E-state index contributed by atoms with van der Waals surface area (Å²) in [6.07, 6.45) is 3.36. The van der Waals surface area contributed by atoms with Crippen LogP contribution in [0.15, 0.2) is 64.2 Å². The number of allylic oxidation sites excluding steroid dienone is 1. The molecular weight excluding hydrogens is 400 g/mol. The van der Waals surface area contributed by atoms with E-state index in [4.69, 9.17) is 7.10 Å². The fraction of sp³-hybridized carbons (Fsp3) is 0.238. The Morgan fingerprint density at radius 3 is 2.80 bits per heavy atom. The minimum Gasteiger partial charge on any atom is -0.331 e. The maximum absolute atomic E-state index is 12.1. The van der Waals surface area contributed by atoms with E-state index in [-0.39, 0.29) is 16.7 Å². The van der Waals surface area contributed by atoms with Crippen LogP contribution < -0.4 is 16.0 Å². The molecular formula is C21H24N6O2S. The second kappa shape index (κ2) is 7.26. The van der Waals surface area contributed by atoms with E-state index < -0.39 is 15.6 Å². The molecule has 3 aromatic rings. The molecule has 2 heterocycles. The Kier molecular flexibility index (Phi) is 4.56. The molecule has 1 atom stereocenters. The van der Waals surface area contributed by atoms with Crippen LogP contribution >= 0.6 is 0 Å². The number of hydrogen-bond acceptors (Lipinski definition) is 7. The summed E-state index contributed by atoms with van der Waals surface area (Å²) in [5.41, 5.74) is 9.63. The van der Waals surface area contributed by atoms with E-state index in [0.717, 1.165) is 22.3 Å². The lowest BCUT2D eigenvalue weighted by Crippen LogP contribution is -2.52. The first-order chi connectivity index (χ1) is 14.6. The minimum atomic E-state index is -3.41. The smallest absolute Gasteiger partial charge is 0.210 e. The summed E-state index contributed by atoms with van der Waals surface area (Å²) in [4.78, 5) is 6.35. The van der Waals surface area contributed by atoms with Gasteiger partial charge in [0.15, 0.2) is 9.84 Å². The quantitative estimate of drug-likeness (QED) is 0.578. The second-order valence-corrected chi connectivity index (χ2v) is 9.45. The summed E-state index contributed by atoms with van der Waals surface area (Å²) in [7, 11) is -1.53. The molecule has 30 heavy (non-hydrogen) atoms. The Labute approximate surface area is 176 Å². The van der Waals surface area contributed by atoms with Gasteiger partial charge < -0.3 is 10.2 Å². The van der Waals surface area contributed by atoms with Gasteiger partial charge in [-0.25, -0.2) is 13.4 Å². The standard InChI is InChI=1S/C21H24N6O2S/c1-4-30(28,29)17-8-5-15(6-9-17)21(22)23-12-11-20(24-21)27(3)16-7-10-18-14(2)25-26-19(18)13-16/h5-13,24H,4,22H2,1-3H3,(H,25,26)/i5D. The van der Waals surface area contributed by atoms with Gasteiger partial charge in [-0.1, -0.05) is 19.0 Å². The third-order valence-electron chi connectivity index (χ3n) is 5.24. The van der Waals surface area contributed by atoms with Crippen molar-refractivity contribution in [1.82, 2.24) is 15.5 Å². The SMILES string of the molecule is [2H]c1cc(S(=O)(=O)CC)ccc1C1(N)N=CC=C(N(C)c2ccc3c(C)[nH]nc3c2)N1. The van der Waals surface area contributed by atoms with Crippen LogP contribution in [0, 0.1) is 6.92 Å². The molecule has 0 saturated carbocycles. The Bertz CT molecular complexity index is 1330. The first-order valence-corrected chi connectivity index (χ1v) is 11.1. The van der Waals surface area contributed by atoms with Gasteiger partial charge in [0, 0.05) is 35.6 Å². The molecule has 8 nitrogen and oxygen atoms in total. The third-order valence-corrected chi connectivity index (χ3v) is 6.97. The van der Waals surface area contributed by atoms with Gasteiger partial charge in [0.05, 0.1) is 17.5 Å². The zero-order valence-electron chi connectivity index (χ0n) is 18.0. The molecule has 1 aliphatic heterocycles. The van der Waals surface area contributed by atoms with Crippen molar-refractivity contribution in [2.24, 2.45) is 10.7 Å². The van der Waals surface area contributed by atoms with Gasteiger partial charge in [0.25, 0.3) is 0 Å². The average molecular weight is 426 g/mol. The zero-order valence-corrected chi connectivity index (χ0v) is 17.8. The molecule has 9 heteroatoms. The highest BCUT2D eigenvalue weighted by Gasteiger charge is 2.30. The first-order valence-electron chi connectivity index (χ1n) is 9.99. The number of fused-ring (bicyclic) bond motifs is 1. The summed E-state index contributed by atoms with van der Waals surface area (Å²) in [5, 5.41) is 11.5. The highest BCUT2D eigenvalue weighted by molar-refractivity contribution is 7.91. The summed E-state index contributed by atoms with van der Waals surface area (Å²) in [5.74, 6) is -0.765. The van der Waals surface area contributed by atoms with Crippen molar-refractivity contribution >= 4 is 32.6 Å². The Morgan fingerprint density at radius 1 is 1.27 bits per heavy atom. The number of H-pyrrole nitrogens is 1. The van der Waals surface area contributed by atoms with Crippen molar-refractivity contribution in [2.75, 3.05) is 17.7 Å². The topological polar surface area (TPSA) is 116 Å². The van der Waals surface area contributed by atoms with Gasteiger partial charge in [-0.3, -0.25) is 10.8 Å². The Hall–Kier alpha value is -3.17. The number of nitrogens with two attached hydrogens (primary N) is 1. The van der Waals surface area contributed by atoms with Crippen LogP contribution in [0.1, 0.15) is 19.6 Å². The second-order valence-electron chi connectivity index (χ2n) is 7.17. The lowest BCUT2D eigenvalue weighted by atomic mass is 10.1. The number of aliphatic imine (C=N–C) groups is 1. The van der Waals surface area contributed by atoms with E-state index in [2.05, 4.69) is 20.5 Å². The molecule has 0 saturated heterocycles. The molecule has 0 radical (unpaired) electrons. The van der Waals surface area contributed by atoms with Crippen molar-refractivity contribution in [2.45, 2.75) is 24.5 Å². The predicted octanol–water partition coefficient (Wildman–Crippen LogP) is 2.39. The van der Waals surface area contributed by atoms with E-state index in [0.29, 0.717) is 11.4 Å². The maximum atomic E-state index is 12.1. The first kappa shape index (κ1) is 18.8. The fourth-order valence-corrected chi connectivity index (χ4v) is 4.16. The molecule has 0 spiro atoms. The molecule has 0 amide bonds. The number of rotatable bonds is 5. The number of aromatic amines is 1. The monoisotopic (exact) mass is 425 g/mol. The molecule has 2 aromatic carbocycles. The number of hydrogen-bond donors (Lipinski definition) is 3. The molecule has 4 N–H and O–H groups in total. The Balaban J connectivity index is 1.64. The van der Waals surface area contributed by atoms with E-state index in [9.17, 15) is 8.42 Å². The van der Waals surface area contributed by atoms with Gasteiger partial charge in [0.2, 0.25) is 5.79 Å². The molecule has 0 bridgehead atoms. The zero-order chi connectivity index (χ0) is 22.4. The molecule has 1 aliphatic rings. The molecule has 1 unspecified atom stereocenters. The largest absolute Gasteiger partial charge is 0.331 e. The van der Waals surface area contributed by atoms with Gasteiger partial charge >= 0.3 is 0 Å². The van der Waals surface area contributed by atoms with Crippen LogP contribution in [-0.2, 0) is 15.6 Å². The number of benzene rings is 2. The van der Waals surface area contributed by atoms with E-state index >= 15 is 0 Å². The summed E-state index contributed by atoms with van der Waals surface area (Å²) >= 11 is 0. The fourth-order valence-electron chi connectivity index (χ4n) is 3.32. The van der Waals surface area contributed by atoms with Gasteiger partial charge in [-0.05, 0) is 43.3 Å². The molecule has 0 fully saturated rings. The predicted molar refractivity (Wildman–Crippen MR) is 119 cm³/mol. The Morgan fingerprint density at radius 2 is 2.07 bits per heavy atom. The maximum Gasteiger partial charge on any atom is 0.210 e. The number of aromatic nitrogens is 2. The number of nitrogens with zero attached hydrogens (tertiary/aromatic N) is 3. The van der Waals surface area contributed by atoms with Crippen molar-refractivity contribution < 1.29 is 9.79 Å². The number of nitrogens with one attached hydrogen (secondary N) is 2. The summed E-state index contributed by atoms with van der Waals surface area (Å²) in [6.45, 7) is 3.54. The van der Waals surface area contributed by atoms with Gasteiger partial charge in [-0.15, -0.1) is 0 Å². The van der Waals surface area contributed by atoms with Crippen LogP contribution in [0.2, 0.25) is 0 Å². The normalized spacial score (nSPS) is 19.3. The summed E-state index contributed by atoms with van der Waals surface area (Å²) in [6, 6.07) is 10.3. The van der Waals surface area contributed by atoms with Crippen LogP contribution in [0.25, 0.3) is 10.9 Å². The molecule has 0 aliphatic carbocycles. The van der Waals surface area contributed by atoms with Crippen molar-refractivity contribution in [3.05, 3.63) is 65.6 Å². The van der Waals surface area contributed by atoms with Crippen LogP contribution in [-0.4, -0.2) is 37.6 Å². The van der Waals surface area contributed by atoms with Gasteiger partial charge in [-0.2, -0.15) is 5.10 Å². The minimum absolute atomic E-state index is 0.000930. The lowest BCUT2D eigenvalue weighted by Gasteiger charge is -2.35. The van der Waals surface area contributed by atoms with E-state index in [1.54, 1.807) is 19.2 Å². The van der Waals surface area contributed by atoms with E-state index in [1.807, 2.05) is 37.1 Å². The van der Waals surface area contributed by atoms with Crippen molar-refractivity contribution in [1.29, 1.82) is 0 Å². The molecule has 4 rings (SSSR count). The number of sulfone groups is 1. The lowest BCUT2D eigenvalue weighted by molar-refractivity contribution is 0.392. The number of anilines is 1. The van der Waals surface area contributed by atoms with Crippen LogP contribution in [0.4, 0.5) is 5.69 Å². The van der Waals surface area contributed by atoms with Gasteiger partial charge in [0.1, 0.15) is 5.82 Å². The van der Waals surface area contributed by atoms with Crippen LogP contribution in [0.5, 0.6) is 0 Å². The van der Waals surface area contributed by atoms with Crippen molar-refractivity contribution in [3.63, 3.8) is 0 Å².